The highest BCUT2D eigenvalue weighted by Gasteiger charge is 2.52. The summed E-state index contributed by atoms with van der Waals surface area (Å²) in [5.74, 6) is 2.08. The first-order valence-electron chi connectivity index (χ1n) is 7.84. The summed E-state index contributed by atoms with van der Waals surface area (Å²) in [4.78, 5) is 18.0. The second-order valence-corrected chi connectivity index (χ2v) is 7.05. The van der Waals surface area contributed by atoms with Crippen LogP contribution in [0.4, 0.5) is 5.69 Å². The fourth-order valence-electron chi connectivity index (χ4n) is 3.69. The number of carbonyl (C=O) groups is 1. The molecule has 2 heterocycles. The van der Waals surface area contributed by atoms with Crippen LogP contribution in [0.15, 0.2) is 46.9 Å². The zero-order valence-corrected chi connectivity index (χ0v) is 15.1. The first-order chi connectivity index (χ1) is 12.0. The maximum Gasteiger partial charge on any atom is 0.269 e. The molecule has 2 aromatic carbocycles. The van der Waals surface area contributed by atoms with Crippen molar-refractivity contribution in [3.05, 3.63) is 63.8 Å². The minimum atomic E-state index is -1.78. The number of terminal acetylenes is 1. The molecular weight excluding hydrogens is 380 g/mol. The van der Waals surface area contributed by atoms with Crippen molar-refractivity contribution in [1.29, 1.82) is 0 Å². The van der Waals surface area contributed by atoms with Gasteiger partial charge in [0, 0.05) is 32.2 Å². The van der Waals surface area contributed by atoms with E-state index >= 15 is 0 Å². The van der Waals surface area contributed by atoms with Crippen molar-refractivity contribution in [2.45, 2.75) is 12.5 Å². The summed E-state index contributed by atoms with van der Waals surface area (Å²) < 4.78 is 0.789. The summed E-state index contributed by atoms with van der Waals surface area (Å²) in [5.41, 5.74) is 1.61. The van der Waals surface area contributed by atoms with Gasteiger partial charge in [-0.15, -0.1) is 6.42 Å². The molecule has 1 aliphatic heterocycles. The first-order valence-corrected chi connectivity index (χ1v) is 8.63. The molecule has 1 aromatic heterocycles. The first kappa shape index (κ1) is 15.9. The number of anilines is 1. The van der Waals surface area contributed by atoms with Gasteiger partial charge in [-0.05, 0) is 31.2 Å². The van der Waals surface area contributed by atoms with Gasteiger partial charge in [-0.25, -0.2) is 0 Å². The van der Waals surface area contributed by atoms with E-state index in [1.807, 2.05) is 37.3 Å². The van der Waals surface area contributed by atoms with Crippen molar-refractivity contribution in [2.24, 2.45) is 0 Å². The Balaban J connectivity index is 2.06. The second-order valence-electron chi connectivity index (χ2n) is 6.14. The van der Waals surface area contributed by atoms with Crippen LogP contribution in [-0.4, -0.2) is 22.5 Å². The Kier molecular flexibility index (Phi) is 3.50. The predicted octanol–water partition coefficient (Wildman–Crippen LogP) is 3.45. The highest BCUT2D eigenvalue weighted by Crippen LogP contribution is 2.48. The average Bonchev–Trinajstić information content (AvgIpc) is 3.03. The van der Waals surface area contributed by atoms with E-state index in [4.69, 9.17) is 6.42 Å². The van der Waals surface area contributed by atoms with Crippen LogP contribution in [0.3, 0.4) is 0 Å². The minimum absolute atomic E-state index is 0.108. The lowest BCUT2D eigenvalue weighted by Crippen LogP contribution is -2.41. The SMILES string of the molecule is C#CCN1C(=O)[C@@](O)(c2c(C)[nH]c3ccccc23)c2cc(Br)ccc21. The zero-order chi connectivity index (χ0) is 17.8. The van der Waals surface area contributed by atoms with Crippen LogP contribution in [0.5, 0.6) is 0 Å². The number of aliphatic hydroxyl groups is 1. The molecule has 0 aliphatic carbocycles. The fraction of sp³-hybridized carbons (Fsp3) is 0.150. The van der Waals surface area contributed by atoms with Crippen LogP contribution in [0.1, 0.15) is 16.8 Å². The molecule has 5 heteroatoms. The van der Waals surface area contributed by atoms with Gasteiger partial charge in [0.25, 0.3) is 5.91 Å². The number of amides is 1. The van der Waals surface area contributed by atoms with Gasteiger partial charge >= 0.3 is 0 Å². The molecule has 1 aliphatic rings. The van der Waals surface area contributed by atoms with E-state index in [0.29, 0.717) is 16.8 Å². The van der Waals surface area contributed by atoms with Crippen LogP contribution in [-0.2, 0) is 10.4 Å². The van der Waals surface area contributed by atoms with Gasteiger partial charge in [-0.1, -0.05) is 40.0 Å². The number of para-hydroxylation sites is 1. The maximum atomic E-state index is 13.2. The Morgan fingerprint density at radius 1 is 1.32 bits per heavy atom. The Morgan fingerprint density at radius 3 is 2.84 bits per heavy atom. The van der Waals surface area contributed by atoms with E-state index in [2.05, 4.69) is 26.8 Å². The summed E-state index contributed by atoms with van der Waals surface area (Å²) in [6.07, 6.45) is 5.44. The van der Waals surface area contributed by atoms with Gasteiger partial charge in [0.2, 0.25) is 0 Å². The van der Waals surface area contributed by atoms with Crippen molar-refractivity contribution >= 4 is 38.4 Å². The average molecular weight is 395 g/mol. The molecule has 0 fully saturated rings. The lowest BCUT2D eigenvalue weighted by atomic mass is 9.85. The van der Waals surface area contributed by atoms with E-state index in [0.717, 1.165) is 21.1 Å². The predicted molar refractivity (Wildman–Crippen MR) is 101 cm³/mol. The fourth-order valence-corrected chi connectivity index (χ4v) is 4.05. The number of halogens is 1. The van der Waals surface area contributed by atoms with Crippen molar-refractivity contribution in [2.75, 3.05) is 11.4 Å². The third kappa shape index (κ3) is 2.08. The molecule has 0 radical (unpaired) electrons. The molecule has 0 spiro atoms. The highest BCUT2D eigenvalue weighted by molar-refractivity contribution is 9.10. The number of benzene rings is 2. The minimum Gasteiger partial charge on any atom is -0.372 e. The second kappa shape index (κ2) is 5.48. The maximum absolute atomic E-state index is 13.2. The number of nitrogens with one attached hydrogen (secondary N) is 1. The number of hydrogen-bond donors (Lipinski definition) is 2. The number of H-pyrrole nitrogens is 1. The van der Waals surface area contributed by atoms with Gasteiger partial charge in [0.15, 0.2) is 5.60 Å². The normalized spacial score (nSPS) is 19.3. The smallest absolute Gasteiger partial charge is 0.269 e. The molecular formula is C20H15BrN2O2. The summed E-state index contributed by atoms with van der Waals surface area (Å²) >= 11 is 3.44. The third-order valence-corrected chi connectivity index (χ3v) is 5.19. The molecule has 25 heavy (non-hydrogen) atoms. The van der Waals surface area contributed by atoms with Crippen LogP contribution in [0, 0.1) is 19.3 Å². The van der Waals surface area contributed by atoms with E-state index in [9.17, 15) is 9.90 Å². The van der Waals surface area contributed by atoms with Crippen LogP contribution < -0.4 is 4.90 Å². The molecule has 0 bridgehead atoms. The van der Waals surface area contributed by atoms with E-state index in [1.165, 1.54) is 4.90 Å². The number of aryl methyl sites for hydroxylation is 1. The number of hydrogen-bond acceptors (Lipinski definition) is 2. The molecule has 4 nitrogen and oxygen atoms in total. The Morgan fingerprint density at radius 2 is 2.08 bits per heavy atom. The number of aromatic amines is 1. The Labute approximate surface area is 153 Å². The van der Waals surface area contributed by atoms with Gasteiger partial charge in [0.05, 0.1) is 12.2 Å². The molecule has 4 rings (SSSR count). The quantitative estimate of drug-likeness (QED) is 0.653. The number of rotatable bonds is 2. The van der Waals surface area contributed by atoms with Crippen molar-refractivity contribution in [3.8, 4) is 12.3 Å². The molecule has 0 unspecified atom stereocenters. The Bertz CT molecular complexity index is 1060. The van der Waals surface area contributed by atoms with Crippen LogP contribution in [0.2, 0.25) is 0 Å². The molecule has 2 N–H and O–H groups in total. The molecule has 0 saturated carbocycles. The molecule has 1 atom stereocenters. The van der Waals surface area contributed by atoms with Crippen molar-refractivity contribution in [1.82, 2.24) is 4.98 Å². The monoisotopic (exact) mass is 394 g/mol. The molecule has 1 amide bonds. The van der Waals surface area contributed by atoms with Crippen LogP contribution >= 0.6 is 15.9 Å². The van der Waals surface area contributed by atoms with E-state index < -0.39 is 11.5 Å². The largest absolute Gasteiger partial charge is 0.372 e. The van der Waals surface area contributed by atoms with Gasteiger partial charge in [-0.3, -0.25) is 9.69 Å². The van der Waals surface area contributed by atoms with Gasteiger partial charge in [0.1, 0.15) is 0 Å². The van der Waals surface area contributed by atoms with Gasteiger partial charge in [-0.2, -0.15) is 0 Å². The molecule has 124 valence electrons. The number of fused-ring (bicyclic) bond motifs is 2. The number of aromatic nitrogens is 1. The lowest BCUT2D eigenvalue weighted by molar-refractivity contribution is -0.132. The summed E-state index contributed by atoms with van der Waals surface area (Å²) in [6.45, 7) is 1.97. The topological polar surface area (TPSA) is 56.3 Å². The number of nitrogens with zero attached hydrogens (tertiary/aromatic N) is 1. The van der Waals surface area contributed by atoms with Crippen LogP contribution in [0.25, 0.3) is 10.9 Å². The zero-order valence-electron chi connectivity index (χ0n) is 13.5. The summed E-state index contributed by atoms with van der Waals surface area (Å²) in [7, 11) is 0. The lowest BCUT2D eigenvalue weighted by Gasteiger charge is -2.23. The standard InChI is InChI=1S/C20H15BrN2O2/c1-3-10-23-17-9-8-13(21)11-15(17)20(25,19(23)24)18-12(2)22-16-7-5-4-6-14(16)18/h1,4-9,11,22,25H,10H2,2H3/t20-/m0/s1. The van der Waals surface area contributed by atoms with Crippen molar-refractivity contribution in [3.63, 3.8) is 0 Å². The highest BCUT2D eigenvalue weighted by atomic mass is 79.9. The van der Waals surface area contributed by atoms with Gasteiger partial charge < -0.3 is 10.1 Å². The van der Waals surface area contributed by atoms with E-state index in [1.54, 1.807) is 12.1 Å². The molecule has 3 aromatic rings. The molecule has 0 saturated heterocycles. The van der Waals surface area contributed by atoms with Crippen molar-refractivity contribution < 1.29 is 9.90 Å². The number of carbonyl (C=O) groups excluding carboxylic acids is 1. The third-order valence-electron chi connectivity index (χ3n) is 4.70. The summed E-state index contributed by atoms with van der Waals surface area (Å²) in [6, 6.07) is 13.1. The summed E-state index contributed by atoms with van der Waals surface area (Å²) in [5, 5.41) is 12.5. The Hall–Kier alpha value is -2.55. The van der Waals surface area contributed by atoms with E-state index in [-0.39, 0.29) is 6.54 Å².